The third-order valence-corrected chi connectivity index (χ3v) is 5.14. The number of hydrogen-bond acceptors (Lipinski definition) is 3. The first kappa shape index (κ1) is 16.2. The molecule has 0 aromatic rings. The van der Waals surface area contributed by atoms with Gasteiger partial charge in [-0.3, -0.25) is 0 Å². The molecule has 0 radical (unpaired) electrons. The predicted molar refractivity (Wildman–Crippen MR) is 76.0 cm³/mol. The van der Waals surface area contributed by atoms with Crippen LogP contribution >= 0.6 is 12.4 Å². The second-order valence-electron chi connectivity index (χ2n) is 6.90. The van der Waals surface area contributed by atoms with Gasteiger partial charge in [0.25, 0.3) is 0 Å². The molecule has 0 heterocycles. The van der Waals surface area contributed by atoms with Gasteiger partial charge in [0.05, 0.1) is 12.2 Å². The molecule has 0 aliphatic heterocycles. The molecule has 3 nitrogen and oxygen atoms in total. The van der Waals surface area contributed by atoms with Gasteiger partial charge < -0.3 is 15.5 Å². The van der Waals surface area contributed by atoms with Crippen LogP contribution in [-0.4, -0.2) is 35.5 Å². The Morgan fingerprint density at radius 3 is 1.83 bits per heavy atom. The minimum Gasteiger partial charge on any atom is -0.392 e. The molecular formula is C14H28ClNO2. The van der Waals surface area contributed by atoms with E-state index in [1.807, 2.05) is 7.05 Å². The summed E-state index contributed by atoms with van der Waals surface area (Å²) >= 11 is 0. The van der Waals surface area contributed by atoms with Gasteiger partial charge in [0.1, 0.15) is 0 Å². The second-order valence-corrected chi connectivity index (χ2v) is 6.90. The van der Waals surface area contributed by atoms with Crippen LogP contribution in [0.1, 0.15) is 52.4 Å². The average molecular weight is 278 g/mol. The molecule has 0 aromatic heterocycles. The Balaban J connectivity index is 0.00000162. The van der Waals surface area contributed by atoms with Crippen molar-refractivity contribution in [3.63, 3.8) is 0 Å². The van der Waals surface area contributed by atoms with Crippen molar-refractivity contribution < 1.29 is 10.2 Å². The van der Waals surface area contributed by atoms with Crippen LogP contribution in [0.15, 0.2) is 0 Å². The third-order valence-electron chi connectivity index (χ3n) is 5.14. The molecule has 2 aliphatic rings. The summed E-state index contributed by atoms with van der Waals surface area (Å²) in [6, 6.07) is 0.565. The number of aliphatic hydroxyl groups is 2. The van der Waals surface area contributed by atoms with E-state index in [4.69, 9.17) is 0 Å². The standard InChI is InChI=1S/C14H27NO2.ClH/c1-13(2)8-11(16)14(12(17)9-13)6-4-10(15-3)5-7-14;/h10-12,15-17H,4-9H2,1-3H3;1H. The summed E-state index contributed by atoms with van der Waals surface area (Å²) in [5.74, 6) is 0. The van der Waals surface area contributed by atoms with Gasteiger partial charge in [0.2, 0.25) is 0 Å². The van der Waals surface area contributed by atoms with Crippen LogP contribution in [-0.2, 0) is 0 Å². The molecule has 2 aliphatic carbocycles. The monoisotopic (exact) mass is 277 g/mol. The molecule has 18 heavy (non-hydrogen) atoms. The van der Waals surface area contributed by atoms with Crippen LogP contribution in [0, 0.1) is 10.8 Å². The molecule has 2 rings (SSSR count). The van der Waals surface area contributed by atoms with Gasteiger partial charge in [-0.2, -0.15) is 0 Å². The van der Waals surface area contributed by atoms with Gasteiger partial charge in [0, 0.05) is 11.5 Å². The largest absolute Gasteiger partial charge is 0.392 e. The lowest BCUT2D eigenvalue weighted by Crippen LogP contribution is -2.55. The van der Waals surface area contributed by atoms with Gasteiger partial charge in [0.15, 0.2) is 0 Å². The normalized spacial score (nSPS) is 43.5. The molecule has 2 saturated carbocycles. The molecule has 108 valence electrons. The summed E-state index contributed by atoms with van der Waals surface area (Å²) in [5.41, 5.74) is -0.146. The molecule has 0 aromatic carbocycles. The van der Waals surface area contributed by atoms with E-state index < -0.39 is 0 Å². The number of nitrogens with one attached hydrogen (secondary N) is 1. The number of aliphatic hydroxyl groups excluding tert-OH is 2. The summed E-state index contributed by atoms with van der Waals surface area (Å²) in [4.78, 5) is 0. The SMILES string of the molecule is CNC1CCC2(CC1)C(O)CC(C)(C)CC2O.Cl. The first-order valence-electron chi connectivity index (χ1n) is 6.93. The number of hydrogen-bond donors (Lipinski definition) is 3. The first-order chi connectivity index (χ1) is 7.89. The second kappa shape index (κ2) is 5.66. The van der Waals surface area contributed by atoms with Crippen LogP contribution in [0.25, 0.3) is 0 Å². The Morgan fingerprint density at radius 2 is 1.44 bits per heavy atom. The van der Waals surface area contributed by atoms with Gasteiger partial charge in [-0.25, -0.2) is 0 Å². The number of rotatable bonds is 1. The summed E-state index contributed by atoms with van der Waals surface area (Å²) in [7, 11) is 2.00. The molecular weight excluding hydrogens is 250 g/mol. The Hall–Kier alpha value is 0.170. The fraction of sp³-hybridized carbons (Fsp3) is 1.00. The minimum absolute atomic E-state index is 0. The van der Waals surface area contributed by atoms with Crippen LogP contribution < -0.4 is 5.32 Å². The predicted octanol–water partition coefficient (Wildman–Crippen LogP) is 2.10. The van der Waals surface area contributed by atoms with Crippen molar-refractivity contribution in [3.8, 4) is 0 Å². The lowest BCUT2D eigenvalue weighted by Gasteiger charge is -2.53. The Labute approximate surface area is 117 Å². The van der Waals surface area contributed by atoms with Crippen LogP contribution in [0.2, 0.25) is 0 Å². The van der Waals surface area contributed by atoms with E-state index in [1.54, 1.807) is 0 Å². The zero-order valence-corrected chi connectivity index (χ0v) is 12.6. The highest BCUT2D eigenvalue weighted by molar-refractivity contribution is 5.85. The van der Waals surface area contributed by atoms with Crippen molar-refractivity contribution in [3.05, 3.63) is 0 Å². The molecule has 2 fully saturated rings. The lowest BCUT2D eigenvalue weighted by molar-refractivity contribution is -0.152. The van der Waals surface area contributed by atoms with E-state index in [-0.39, 0.29) is 35.4 Å². The summed E-state index contributed by atoms with van der Waals surface area (Å²) in [6.45, 7) is 4.29. The van der Waals surface area contributed by atoms with Gasteiger partial charge in [-0.15, -0.1) is 12.4 Å². The summed E-state index contributed by atoms with van der Waals surface area (Å²) in [6.07, 6.45) is 5.05. The molecule has 3 N–H and O–H groups in total. The maximum absolute atomic E-state index is 10.5. The molecule has 0 amide bonds. The van der Waals surface area contributed by atoms with Crippen molar-refractivity contribution in [2.24, 2.45) is 10.8 Å². The number of halogens is 1. The van der Waals surface area contributed by atoms with Crippen molar-refractivity contribution in [1.29, 1.82) is 0 Å². The van der Waals surface area contributed by atoms with Crippen LogP contribution in [0.3, 0.4) is 0 Å². The highest BCUT2D eigenvalue weighted by Crippen LogP contribution is 2.52. The zero-order chi connectivity index (χ0) is 12.7. The molecule has 0 saturated heterocycles. The van der Waals surface area contributed by atoms with Crippen molar-refractivity contribution in [1.82, 2.24) is 5.32 Å². The molecule has 1 spiro atoms. The van der Waals surface area contributed by atoms with E-state index >= 15 is 0 Å². The fourth-order valence-corrected chi connectivity index (χ4v) is 3.87. The Morgan fingerprint density at radius 1 is 1.00 bits per heavy atom. The highest BCUT2D eigenvalue weighted by Gasteiger charge is 2.52. The Kier molecular flexibility index (Phi) is 5.10. The highest BCUT2D eigenvalue weighted by atomic mass is 35.5. The van der Waals surface area contributed by atoms with Crippen molar-refractivity contribution in [2.75, 3.05) is 7.05 Å². The van der Waals surface area contributed by atoms with E-state index in [2.05, 4.69) is 19.2 Å². The Bertz CT molecular complexity index is 259. The van der Waals surface area contributed by atoms with E-state index in [0.29, 0.717) is 6.04 Å². The van der Waals surface area contributed by atoms with E-state index in [9.17, 15) is 10.2 Å². The summed E-state index contributed by atoms with van der Waals surface area (Å²) in [5, 5.41) is 24.2. The van der Waals surface area contributed by atoms with E-state index in [1.165, 1.54) is 0 Å². The van der Waals surface area contributed by atoms with Gasteiger partial charge in [-0.05, 0) is 51.0 Å². The zero-order valence-electron chi connectivity index (χ0n) is 11.8. The average Bonchev–Trinajstić information content (AvgIpc) is 2.26. The molecule has 2 atom stereocenters. The summed E-state index contributed by atoms with van der Waals surface area (Å²) < 4.78 is 0. The van der Waals surface area contributed by atoms with Gasteiger partial charge in [-0.1, -0.05) is 13.8 Å². The van der Waals surface area contributed by atoms with Crippen molar-refractivity contribution >= 4 is 12.4 Å². The molecule has 2 unspecified atom stereocenters. The minimum atomic E-state index is -0.334. The molecule has 4 heteroatoms. The van der Waals surface area contributed by atoms with Crippen LogP contribution in [0.5, 0.6) is 0 Å². The maximum atomic E-state index is 10.5. The topological polar surface area (TPSA) is 52.5 Å². The first-order valence-corrected chi connectivity index (χ1v) is 6.93. The molecule has 0 bridgehead atoms. The van der Waals surface area contributed by atoms with E-state index in [0.717, 1.165) is 38.5 Å². The van der Waals surface area contributed by atoms with Crippen LogP contribution in [0.4, 0.5) is 0 Å². The quantitative estimate of drug-likeness (QED) is 0.688. The smallest absolute Gasteiger partial charge is 0.0626 e. The van der Waals surface area contributed by atoms with Gasteiger partial charge >= 0.3 is 0 Å². The lowest BCUT2D eigenvalue weighted by atomic mass is 9.56. The van der Waals surface area contributed by atoms with Crippen molar-refractivity contribution in [2.45, 2.75) is 70.6 Å². The fourth-order valence-electron chi connectivity index (χ4n) is 3.87. The third kappa shape index (κ3) is 2.84. The maximum Gasteiger partial charge on any atom is 0.0626 e.